The first-order valence-electron chi connectivity index (χ1n) is 8.73. The van der Waals surface area contributed by atoms with Gasteiger partial charge in [-0.15, -0.1) is 0 Å². The van der Waals surface area contributed by atoms with Gasteiger partial charge in [-0.1, -0.05) is 0 Å². The molecule has 4 nitrogen and oxygen atoms in total. The second kappa shape index (κ2) is 6.65. The number of piperazine rings is 1. The van der Waals surface area contributed by atoms with Crippen LogP contribution in [0.25, 0.3) is 10.9 Å². The van der Waals surface area contributed by atoms with Crippen molar-refractivity contribution >= 4 is 16.7 Å². The summed E-state index contributed by atoms with van der Waals surface area (Å²) in [6.07, 6.45) is 0. The minimum Gasteiger partial charge on any atom is -0.354 e. The number of pyridine rings is 1. The minimum atomic E-state index is -0.209. The van der Waals surface area contributed by atoms with Crippen LogP contribution in [0.5, 0.6) is 0 Å². The first-order valence-corrected chi connectivity index (χ1v) is 8.73. The summed E-state index contributed by atoms with van der Waals surface area (Å²) >= 11 is 0. The highest BCUT2D eigenvalue weighted by Gasteiger charge is 2.23. The van der Waals surface area contributed by atoms with Crippen molar-refractivity contribution in [1.82, 2.24) is 9.88 Å². The number of aryl methyl sites for hydroxylation is 1. The van der Waals surface area contributed by atoms with Crippen LogP contribution in [0.2, 0.25) is 0 Å². The molecule has 0 spiro atoms. The molecule has 1 aliphatic rings. The fraction of sp³-hybridized carbons (Fsp3) is 0.526. The van der Waals surface area contributed by atoms with Gasteiger partial charge in [-0.25, -0.2) is 9.37 Å². The van der Waals surface area contributed by atoms with Gasteiger partial charge in [0.2, 0.25) is 0 Å². The predicted molar refractivity (Wildman–Crippen MR) is 98.0 cm³/mol. The third-order valence-electron chi connectivity index (χ3n) is 5.02. The predicted octanol–water partition coefficient (Wildman–Crippen LogP) is 3.23. The SMILES string of the molecule is Cc1c(F)ccc2cc([C@H](C)N)c(N3CCN(C(C)C)CC3)nc12. The molecule has 0 bridgehead atoms. The number of fused-ring (bicyclic) bond motifs is 1. The molecule has 2 heterocycles. The van der Waals surface area contributed by atoms with Gasteiger partial charge >= 0.3 is 0 Å². The van der Waals surface area contributed by atoms with Gasteiger partial charge in [0.15, 0.2) is 0 Å². The summed E-state index contributed by atoms with van der Waals surface area (Å²) in [4.78, 5) is 9.60. The van der Waals surface area contributed by atoms with Crippen LogP contribution < -0.4 is 10.6 Å². The van der Waals surface area contributed by atoms with Crippen LogP contribution in [0.4, 0.5) is 10.2 Å². The molecule has 1 aromatic carbocycles. The molecule has 130 valence electrons. The Balaban J connectivity index is 2.02. The number of hydrogen-bond donors (Lipinski definition) is 1. The lowest BCUT2D eigenvalue weighted by atomic mass is 10.0. The van der Waals surface area contributed by atoms with Crippen LogP contribution in [-0.4, -0.2) is 42.1 Å². The van der Waals surface area contributed by atoms with E-state index in [4.69, 9.17) is 10.7 Å². The second-order valence-corrected chi connectivity index (χ2v) is 7.05. The normalized spacial score (nSPS) is 17.7. The summed E-state index contributed by atoms with van der Waals surface area (Å²) in [6, 6.07) is 5.82. The summed E-state index contributed by atoms with van der Waals surface area (Å²) in [6.45, 7) is 12.1. The molecule has 1 aromatic heterocycles. The van der Waals surface area contributed by atoms with Gasteiger partial charge < -0.3 is 10.6 Å². The van der Waals surface area contributed by atoms with E-state index in [0.29, 0.717) is 11.6 Å². The maximum Gasteiger partial charge on any atom is 0.134 e. The van der Waals surface area contributed by atoms with Crippen molar-refractivity contribution in [2.75, 3.05) is 31.1 Å². The van der Waals surface area contributed by atoms with Crippen molar-refractivity contribution in [3.63, 3.8) is 0 Å². The third-order valence-corrected chi connectivity index (χ3v) is 5.02. The van der Waals surface area contributed by atoms with Gasteiger partial charge in [-0.2, -0.15) is 0 Å². The summed E-state index contributed by atoms with van der Waals surface area (Å²) in [5.41, 5.74) is 8.58. The van der Waals surface area contributed by atoms with Crippen LogP contribution >= 0.6 is 0 Å². The van der Waals surface area contributed by atoms with E-state index in [1.54, 1.807) is 13.0 Å². The zero-order valence-corrected chi connectivity index (χ0v) is 15.0. The summed E-state index contributed by atoms with van der Waals surface area (Å²) in [7, 11) is 0. The number of halogens is 1. The van der Waals surface area contributed by atoms with Gasteiger partial charge in [0.05, 0.1) is 5.52 Å². The van der Waals surface area contributed by atoms with Crippen molar-refractivity contribution in [3.05, 3.63) is 35.1 Å². The molecule has 0 amide bonds. The first-order chi connectivity index (χ1) is 11.4. The Morgan fingerprint density at radius 1 is 1.12 bits per heavy atom. The van der Waals surface area contributed by atoms with E-state index in [2.05, 4.69) is 29.7 Å². The highest BCUT2D eigenvalue weighted by Crippen LogP contribution is 2.30. The maximum absolute atomic E-state index is 13.9. The van der Waals surface area contributed by atoms with E-state index in [1.807, 2.05) is 6.92 Å². The largest absolute Gasteiger partial charge is 0.354 e. The molecular weight excluding hydrogens is 303 g/mol. The molecule has 5 heteroatoms. The van der Waals surface area contributed by atoms with Crippen molar-refractivity contribution in [1.29, 1.82) is 0 Å². The van der Waals surface area contributed by atoms with E-state index < -0.39 is 0 Å². The van der Waals surface area contributed by atoms with Gasteiger partial charge in [0.1, 0.15) is 11.6 Å². The number of nitrogens with two attached hydrogens (primary N) is 1. The monoisotopic (exact) mass is 330 g/mol. The van der Waals surface area contributed by atoms with E-state index in [9.17, 15) is 4.39 Å². The molecule has 1 saturated heterocycles. The van der Waals surface area contributed by atoms with Crippen molar-refractivity contribution < 1.29 is 4.39 Å². The van der Waals surface area contributed by atoms with E-state index in [0.717, 1.165) is 48.5 Å². The smallest absolute Gasteiger partial charge is 0.134 e. The molecule has 2 aromatic rings. The van der Waals surface area contributed by atoms with Crippen LogP contribution in [0.15, 0.2) is 18.2 Å². The van der Waals surface area contributed by atoms with Gasteiger partial charge in [0, 0.05) is 54.8 Å². The third kappa shape index (κ3) is 3.10. The van der Waals surface area contributed by atoms with Crippen LogP contribution in [0.3, 0.4) is 0 Å². The number of anilines is 1. The number of rotatable bonds is 3. The average molecular weight is 330 g/mol. The molecule has 0 aliphatic carbocycles. The van der Waals surface area contributed by atoms with Crippen molar-refractivity contribution in [2.45, 2.75) is 39.8 Å². The van der Waals surface area contributed by atoms with Crippen LogP contribution in [0.1, 0.15) is 37.9 Å². The number of hydrogen-bond acceptors (Lipinski definition) is 4. The Labute approximate surface area is 143 Å². The number of aromatic nitrogens is 1. The lowest BCUT2D eigenvalue weighted by molar-refractivity contribution is 0.209. The van der Waals surface area contributed by atoms with Crippen LogP contribution in [-0.2, 0) is 0 Å². The fourth-order valence-corrected chi connectivity index (χ4v) is 3.40. The van der Waals surface area contributed by atoms with E-state index in [-0.39, 0.29) is 11.9 Å². The molecule has 0 saturated carbocycles. The van der Waals surface area contributed by atoms with Gasteiger partial charge in [0.25, 0.3) is 0 Å². The highest BCUT2D eigenvalue weighted by molar-refractivity contribution is 5.85. The number of benzene rings is 1. The van der Waals surface area contributed by atoms with Crippen molar-refractivity contribution in [2.24, 2.45) is 5.73 Å². The average Bonchev–Trinajstić information content (AvgIpc) is 2.57. The second-order valence-electron chi connectivity index (χ2n) is 7.05. The summed E-state index contributed by atoms with van der Waals surface area (Å²) < 4.78 is 13.9. The molecule has 1 fully saturated rings. The Morgan fingerprint density at radius 2 is 1.79 bits per heavy atom. The van der Waals surface area contributed by atoms with Crippen molar-refractivity contribution in [3.8, 4) is 0 Å². The standard InChI is InChI=1S/C19H27FN4/c1-12(2)23-7-9-24(10-8-23)19-16(14(4)21)11-15-5-6-17(20)13(3)18(15)22-19/h5-6,11-12,14H,7-10,21H2,1-4H3/t14-/m0/s1. The Morgan fingerprint density at radius 3 is 2.38 bits per heavy atom. The Hall–Kier alpha value is -1.72. The van der Waals surface area contributed by atoms with E-state index in [1.165, 1.54) is 6.07 Å². The molecule has 0 radical (unpaired) electrons. The zero-order valence-electron chi connectivity index (χ0n) is 15.0. The number of nitrogens with zero attached hydrogens (tertiary/aromatic N) is 3. The highest BCUT2D eigenvalue weighted by atomic mass is 19.1. The summed E-state index contributed by atoms with van der Waals surface area (Å²) in [5.74, 6) is 0.703. The Kier molecular flexibility index (Phi) is 4.74. The molecule has 0 unspecified atom stereocenters. The molecule has 3 rings (SSSR count). The van der Waals surface area contributed by atoms with Gasteiger partial charge in [-0.3, -0.25) is 4.90 Å². The first kappa shape index (κ1) is 17.1. The molecule has 24 heavy (non-hydrogen) atoms. The quantitative estimate of drug-likeness (QED) is 0.938. The van der Waals surface area contributed by atoms with E-state index >= 15 is 0 Å². The minimum absolute atomic E-state index is 0.106. The maximum atomic E-state index is 13.9. The van der Waals surface area contributed by atoms with Crippen LogP contribution in [0, 0.1) is 12.7 Å². The molecule has 2 N–H and O–H groups in total. The molecule has 1 atom stereocenters. The fourth-order valence-electron chi connectivity index (χ4n) is 3.40. The van der Waals surface area contributed by atoms with Gasteiger partial charge in [-0.05, 0) is 45.9 Å². The molecule has 1 aliphatic heterocycles. The lowest BCUT2D eigenvalue weighted by Crippen LogP contribution is -2.49. The lowest BCUT2D eigenvalue weighted by Gasteiger charge is -2.38. The Bertz CT molecular complexity index is 734. The molecular formula is C19H27FN4. The zero-order chi connectivity index (χ0) is 17.4. The summed E-state index contributed by atoms with van der Waals surface area (Å²) in [5, 5.41) is 0.950. The topological polar surface area (TPSA) is 45.4 Å².